The number of fused-ring (bicyclic) bond motifs is 1. The van der Waals surface area contributed by atoms with Crippen molar-refractivity contribution in [2.24, 2.45) is 0 Å². The number of aromatic nitrogens is 1. The van der Waals surface area contributed by atoms with Crippen LogP contribution >= 0.6 is 0 Å². The lowest BCUT2D eigenvalue weighted by Gasteiger charge is -2.08. The van der Waals surface area contributed by atoms with E-state index in [2.05, 4.69) is 15.6 Å². The molecule has 1 aromatic heterocycles. The van der Waals surface area contributed by atoms with Crippen molar-refractivity contribution in [3.8, 4) is 11.5 Å². The van der Waals surface area contributed by atoms with Gasteiger partial charge in [-0.05, 0) is 55.3 Å². The van der Waals surface area contributed by atoms with E-state index < -0.39 is 0 Å². The summed E-state index contributed by atoms with van der Waals surface area (Å²) in [6.45, 7) is 3.10. The molecule has 3 aromatic rings. The van der Waals surface area contributed by atoms with Crippen LogP contribution in [0.15, 0.2) is 48.7 Å². The summed E-state index contributed by atoms with van der Waals surface area (Å²) in [6.07, 6.45) is 2.71. The number of rotatable bonds is 7. The molecule has 0 aliphatic heterocycles. The summed E-state index contributed by atoms with van der Waals surface area (Å²) >= 11 is 0. The van der Waals surface area contributed by atoms with Crippen LogP contribution in [0.4, 0.5) is 10.5 Å². The van der Waals surface area contributed by atoms with Crippen molar-refractivity contribution in [1.82, 2.24) is 10.3 Å². The Labute approximate surface area is 152 Å². The zero-order valence-electron chi connectivity index (χ0n) is 15.0. The molecule has 6 nitrogen and oxygen atoms in total. The molecule has 2 aromatic carbocycles. The van der Waals surface area contributed by atoms with E-state index in [0.717, 1.165) is 40.1 Å². The van der Waals surface area contributed by atoms with Crippen LogP contribution in [-0.2, 0) is 6.42 Å². The Hall–Kier alpha value is -3.15. The quantitative estimate of drug-likeness (QED) is 0.602. The van der Waals surface area contributed by atoms with Gasteiger partial charge in [0.25, 0.3) is 0 Å². The van der Waals surface area contributed by atoms with Gasteiger partial charge < -0.3 is 25.1 Å². The van der Waals surface area contributed by atoms with Gasteiger partial charge in [0, 0.05) is 35.4 Å². The molecule has 0 aliphatic carbocycles. The fraction of sp³-hybridized carbons (Fsp3) is 0.250. The average molecular weight is 353 g/mol. The Morgan fingerprint density at radius 2 is 1.88 bits per heavy atom. The number of urea groups is 1. The molecule has 136 valence electrons. The zero-order valence-corrected chi connectivity index (χ0v) is 15.0. The van der Waals surface area contributed by atoms with Crippen molar-refractivity contribution in [2.75, 3.05) is 25.6 Å². The molecule has 0 fully saturated rings. The van der Waals surface area contributed by atoms with Crippen molar-refractivity contribution >= 4 is 22.6 Å². The summed E-state index contributed by atoms with van der Waals surface area (Å²) in [5.74, 6) is 1.60. The first-order chi connectivity index (χ1) is 12.7. The van der Waals surface area contributed by atoms with E-state index in [1.165, 1.54) is 0 Å². The average Bonchev–Trinajstić information content (AvgIpc) is 3.06. The summed E-state index contributed by atoms with van der Waals surface area (Å²) in [4.78, 5) is 15.3. The molecule has 1 heterocycles. The summed E-state index contributed by atoms with van der Waals surface area (Å²) in [6, 6.07) is 13.0. The highest BCUT2D eigenvalue weighted by Crippen LogP contribution is 2.23. The van der Waals surface area contributed by atoms with Gasteiger partial charge in [0.2, 0.25) is 0 Å². The number of hydrogen-bond donors (Lipinski definition) is 3. The molecule has 0 radical (unpaired) electrons. The molecule has 3 N–H and O–H groups in total. The van der Waals surface area contributed by atoms with Crippen LogP contribution in [0.2, 0.25) is 0 Å². The van der Waals surface area contributed by atoms with Gasteiger partial charge in [-0.3, -0.25) is 0 Å². The first kappa shape index (κ1) is 17.7. The van der Waals surface area contributed by atoms with Crippen LogP contribution < -0.4 is 20.1 Å². The number of carbonyl (C=O) groups is 1. The van der Waals surface area contributed by atoms with E-state index in [9.17, 15) is 4.79 Å². The van der Waals surface area contributed by atoms with E-state index in [0.29, 0.717) is 13.2 Å². The van der Waals surface area contributed by atoms with Crippen LogP contribution in [0, 0.1) is 0 Å². The number of amides is 2. The van der Waals surface area contributed by atoms with Crippen molar-refractivity contribution in [2.45, 2.75) is 13.3 Å². The standard InChI is InChI=1S/C20H23N3O3/c1-3-26-16-6-4-15(5-7-16)23-20(24)21-11-10-14-13-22-19-12-17(25-2)8-9-18(14)19/h4-9,12-13,22H,3,10-11H2,1-2H3,(H2,21,23,24). The SMILES string of the molecule is CCOc1ccc(NC(=O)NCCc2c[nH]c3cc(OC)ccc23)cc1. The topological polar surface area (TPSA) is 75.4 Å². The third-order valence-electron chi connectivity index (χ3n) is 4.08. The fourth-order valence-corrected chi connectivity index (χ4v) is 2.79. The molecule has 0 spiro atoms. The lowest BCUT2D eigenvalue weighted by atomic mass is 10.1. The lowest BCUT2D eigenvalue weighted by Crippen LogP contribution is -2.30. The highest BCUT2D eigenvalue weighted by atomic mass is 16.5. The van der Waals surface area contributed by atoms with E-state index in [4.69, 9.17) is 9.47 Å². The minimum absolute atomic E-state index is 0.226. The Bertz CT molecular complexity index is 872. The van der Waals surface area contributed by atoms with Gasteiger partial charge in [-0.2, -0.15) is 0 Å². The maximum atomic E-state index is 12.0. The largest absolute Gasteiger partial charge is 0.497 e. The smallest absolute Gasteiger partial charge is 0.319 e. The second-order valence-corrected chi connectivity index (χ2v) is 5.81. The first-order valence-corrected chi connectivity index (χ1v) is 8.61. The summed E-state index contributed by atoms with van der Waals surface area (Å²) in [7, 11) is 1.65. The monoisotopic (exact) mass is 353 g/mol. The predicted molar refractivity (Wildman–Crippen MR) is 103 cm³/mol. The summed E-state index contributed by atoms with van der Waals surface area (Å²) in [5.41, 5.74) is 2.91. The predicted octanol–water partition coefficient (Wildman–Crippen LogP) is 3.94. The second-order valence-electron chi connectivity index (χ2n) is 5.81. The van der Waals surface area contributed by atoms with Crippen molar-refractivity contribution < 1.29 is 14.3 Å². The highest BCUT2D eigenvalue weighted by Gasteiger charge is 2.06. The van der Waals surface area contributed by atoms with E-state index in [-0.39, 0.29) is 6.03 Å². The van der Waals surface area contributed by atoms with Gasteiger partial charge in [-0.25, -0.2) is 4.79 Å². The Kier molecular flexibility index (Phi) is 5.63. The van der Waals surface area contributed by atoms with Gasteiger partial charge in [-0.1, -0.05) is 0 Å². The van der Waals surface area contributed by atoms with Crippen molar-refractivity contribution in [3.63, 3.8) is 0 Å². The molecule has 2 amide bonds. The molecule has 0 saturated carbocycles. The number of carbonyl (C=O) groups excluding carboxylic acids is 1. The number of H-pyrrole nitrogens is 1. The minimum Gasteiger partial charge on any atom is -0.497 e. The van der Waals surface area contributed by atoms with Crippen molar-refractivity contribution in [3.05, 3.63) is 54.2 Å². The van der Waals surface area contributed by atoms with Crippen LogP contribution in [-0.4, -0.2) is 31.3 Å². The highest BCUT2D eigenvalue weighted by molar-refractivity contribution is 5.89. The molecule has 26 heavy (non-hydrogen) atoms. The van der Waals surface area contributed by atoms with Crippen LogP contribution in [0.3, 0.4) is 0 Å². The molecule has 3 rings (SSSR count). The second kappa shape index (κ2) is 8.29. The molecule has 0 atom stereocenters. The van der Waals surface area contributed by atoms with Gasteiger partial charge >= 0.3 is 6.03 Å². The Morgan fingerprint density at radius 3 is 2.62 bits per heavy atom. The molecule has 6 heteroatoms. The number of anilines is 1. The minimum atomic E-state index is -0.226. The molecular formula is C20H23N3O3. The third-order valence-corrected chi connectivity index (χ3v) is 4.08. The van der Waals surface area contributed by atoms with E-state index >= 15 is 0 Å². The zero-order chi connectivity index (χ0) is 18.4. The maximum absolute atomic E-state index is 12.0. The van der Waals surface area contributed by atoms with E-state index in [1.807, 2.05) is 55.6 Å². The number of hydrogen-bond acceptors (Lipinski definition) is 3. The molecule has 0 bridgehead atoms. The van der Waals surface area contributed by atoms with Crippen LogP contribution in [0.1, 0.15) is 12.5 Å². The Balaban J connectivity index is 1.50. The number of nitrogens with one attached hydrogen (secondary N) is 3. The normalized spacial score (nSPS) is 10.5. The van der Waals surface area contributed by atoms with E-state index in [1.54, 1.807) is 7.11 Å². The Morgan fingerprint density at radius 1 is 1.12 bits per heavy atom. The van der Waals surface area contributed by atoms with Crippen LogP contribution in [0.5, 0.6) is 11.5 Å². The molecular weight excluding hydrogens is 330 g/mol. The number of methoxy groups -OCH3 is 1. The van der Waals surface area contributed by atoms with Gasteiger partial charge in [0.05, 0.1) is 13.7 Å². The molecule has 0 unspecified atom stereocenters. The van der Waals surface area contributed by atoms with Gasteiger partial charge in [0.15, 0.2) is 0 Å². The van der Waals surface area contributed by atoms with Gasteiger partial charge in [0.1, 0.15) is 11.5 Å². The molecule has 0 saturated heterocycles. The molecule has 0 aliphatic rings. The maximum Gasteiger partial charge on any atom is 0.319 e. The number of ether oxygens (including phenoxy) is 2. The van der Waals surface area contributed by atoms with Crippen LogP contribution in [0.25, 0.3) is 10.9 Å². The summed E-state index contributed by atoms with van der Waals surface area (Å²) < 4.78 is 10.6. The van der Waals surface area contributed by atoms with Gasteiger partial charge in [-0.15, -0.1) is 0 Å². The summed E-state index contributed by atoms with van der Waals surface area (Å²) in [5, 5.41) is 6.83. The number of benzene rings is 2. The first-order valence-electron chi connectivity index (χ1n) is 8.61. The fourth-order valence-electron chi connectivity index (χ4n) is 2.79. The lowest BCUT2D eigenvalue weighted by molar-refractivity contribution is 0.252. The third kappa shape index (κ3) is 4.27. The van der Waals surface area contributed by atoms with Crippen molar-refractivity contribution in [1.29, 1.82) is 0 Å². The number of aromatic amines is 1.